The molecule has 0 saturated carbocycles. The average molecular weight is 286 g/mol. The first-order chi connectivity index (χ1) is 8.45. The van der Waals surface area contributed by atoms with E-state index < -0.39 is 8.32 Å². The molecule has 0 aromatic heterocycles. The Morgan fingerprint density at radius 3 is 2.32 bits per heavy atom. The van der Waals surface area contributed by atoms with Gasteiger partial charge < -0.3 is 15.1 Å². The van der Waals surface area contributed by atoms with Gasteiger partial charge >= 0.3 is 0 Å². The zero-order chi connectivity index (χ0) is 15.0. The van der Waals surface area contributed by atoms with Gasteiger partial charge in [-0.15, -0.1) is 0 Å². The highest BCUT2D eigenvalue weighted by molar-refractivity contribution is 6.74. The highest BCUT2D eigenvalue weighted by atomic mass is 28.4. The largest absolute Gasteiger partial charge is 0.413 e. The van der Waals surface area contributed by atoms with E-state index in [-0.39, 0.29) is 35.0 Å². The smallest absolute Gasteiger partial charge is 0.231 e. The van der Waals surface area contributed by atoms with E-state index >= 15 is 0 Å². The number of carbonyl (C=O) groups is 2. The molecule has 19 heavy (non-hydrogen) atoms. The molecule has 5 nitrogen and oxygen atoms in total. The molecule has 0 bridgehead atoms. The zero-order valence-corrected chi connectivity index (χ0v) is 14.0. The lowest BCUT2D eigenvalue weighted by Crippen LogP contribution is -2.69. The van der Waals surface area contributed by atoms with Crippen LogP contribution in [-0.2, 0) is 14.0 Å². The van der Waals surface area contributed by atoms with Crippen LogP contribution in [0.25, 0.3) is 0 Å². The first kappa shape index (κ1) is 16.2. The second-order valence-corrected chi connectivity index (χ2v) is 11.6. The third-order valence-electron chi connectivity index (χ3n) is 4.11. The number of carbonyl (C=O) groups excluding carboxylic acids is 2. The van der Waals surface area contributed by atoms with Crippen molar-refractivity contribution in [2.75, 3.05) is 0 Å². The lowest BCUT2D eigenvalue weighted by molar-refractivity contribution is -0.142. The predicted octanol–water partition coefficient (Wildman–Crippen LogP) is 1.60. The summed E-state index contributed by atoms with van der Waals surface area (Å²) in [6, 6.07) is 0. The van der Waals surface area contributed by atoms with Gasteiger partial charge in [0, 0.05) is 6.92 Å². The molecule has 2 N–H and O–H groups in total. The molecule has 0 aromatic rings. The standard InChI is InChI=1S/C13H26N2O3Si/c1-8(18-19(6,7)13(3,4)5)10-11(14-9(2)16)15-12(10)17/h8,10-11H,1-7H3,(H,14,16)(H,15,17)/t8-,10-,11+/m1/s1. The van der Waals surface area contributed by atoms with Crippen molar-refractivity contribution in [1.29, 1.82) is 0 Å². The molecular formula is C13H26N2O3Si. The van der Waals surface area contributed by atoms with Gasteiger partial charge in [0.15, 0.2) is 8.32 Å². The van der Waals surface area contributed by atoms with Crippen molar-refractivity contribution in [2.45, 2.75) is 65.0 Å². The summed E-state index contributed by atoms with van der Waals surface area (Å²) in [5, 5.41) is 5.53. The van der Waals surface area contributed by atoms with Crippen LogP contribution in [0.5, 0.6) is 0 Å². The van der Waals surface area contributed by atoms with Crippen LogP contribution in [0.1, 0.15) is 34.6 Å². The van der Waals surface area contributed by atoms with E-state index in [4.69, 9.17) is 4.43 Å². The van der Waals surface area contributed by atoms with Crippen LogP contribution in [0.3, 0.4) is 0 Å². The van der Waals surface area contributed by atoms with E-state index in [0.717, 1.165) is 0 Å². The van der Waals surface area contributed by atoms with E-state index in [1.165, 1.54) is 6.92 Å². The Hall–Kier alpha value is -0.883. The normalized spacial score (nSPS) is 25.3. The number of nitrogens with one attached hydrogen (secondary N) is 2. The van der Waals surface area contributed by atoms with Gasteiger partial charge in [0.2, 0.25) is 11.8 Å². The summed E-state index contributed by atoms with van der Waals surface area (Å²) in [6.45, 7) is 14.2. The minimum absolute atomic E-state index is 0.0510. The molecule has 1 fully saturated rings. The zero-order valence-electron chi connectivity index (χ0n) is 13.0. The summed E-state index contributed by atoms with van der Waals surface area (Å²) in [7, 11) is -1.90. The van der Waals surface area contributed by atoms with Crippen LogP contribution in [0.2, 0.25) is 18.1 Å². The number of hydrogen-bond donors (Lipinski definition) is 2. The minimum atomic E-state index is -1.90. The van der Waals surface area contributed by atoms with E-state index in [0.29, 0.717) is 0 Å². The number of rotatable bonds is 4. The van der Waals surface area contributed by atoms with Crippen LogP contribution in [0, 0.1) is 5.92 Å². The molecule has 110 valence electrons. The van der Waals surface area contributed by atoms with Crippen molar-refractivity contribution in [3.05, 3.63) is 0 Å². The van der Waals surface area contributed by atoms with Gasteiger partial charge in [0.05, 0.1) is 6.10 Å². The molecule has 2 amide bonds. The average Bonchev–Trinajstić information content (AvgIpc) is 2.12. The molecule has 0 unspecified atom stereocenters. The maximum atomic E-state index is 11.7. The summed E-state index contributed by atoms with van der Waals surface area (Å²) >= 11 is 0. The van der Waals surface area contributed by atoms with Gasteiger partial charge in [-0.2, -0.15) is 0 Å². The Morgan fingerprint density at radius 1 is 1.42 bits per heavy atom. The topological polar surface area (TPSA) is 67.4 Å². The molecule has 1 aliphatic rings. The summed E-state index contributed by atoms with van der Waals surface area (Å²) in [6.07, 6.45) is -0.490. The van der Waals surface area contributed by atoms with Gasteiger partial charge in [0.1, 0.15) is 12.1 Å². The maximum absolute atomic E-state index is 11.7. The van der Waals surface area contributed by atoms with Crippen LogP contribution in [0.4, 0.5) is 0 Å². The molecule has 1 aliphatic heterocycles. The van der Waals surface area contributed by atoms with Gasteiger partial charge in [-0.3, -0.25) is 9.59 Å². The van der Waals surface area contributed by atoms with E-state index in [1.54, 1.807) is 0 Å². The summed E-state index contributed by atoms with van der Waals surface area (Å²) in [5.74, 6) is -0.488. The highest BCUT2D eigenvalue weighted by Crippen LogP contribution is 2.38. The van der Waals surface area contributed by atoms with Gasteiger partial charge in [0.25, 0.3) is 0 Å². The molecule has 6 heteroatoms. The molecule has 1 rings (SSSR count). The SMILES string of the molecule is CC(=O)N[C@H]1NC(=O)[C@@H]1[C@@H](C)O[Si](C)(C)C(C)(C)C. The van der Waals surface area contributed by atoms with E-state index in [1.807, 2.05) is 6.92 Å². The van der Waals surface area contributed by atoms with Crippen molar-refractivity contribution in [1.82, 2.24) is 10.6 Å². The van der Waals surface area contributed by atoms with Crippen LogP contribution >= 0.6 is 0 Å². The molecule has 0 spiro atoms. The first-order valence-corrected chi connectivity index (χ1v) is 9.62. The minimum Gasteiger partial charge on any atom is -0.413 e. The first-order valence-electron chi connectivity index (χ1n) is 6.71. The third kappa shape index (κ3) is 3.57. The molecule has 0 radical (unpaired) electrons. The van der Waals surface area contributed by atoms with E-state index in [9.17, 15) is 9.59 Å². The van der Waals surface area contributed by atoms with Crippen molar-refractivity contribution in [3.63, 3.8) is 0 Å². The van der Waals surface area contributed by atoms with Crippen LogP contribution in [0.15, 0.2) is 0 Å². The Morgan fingerprint density at radius 2 is 1.95 bits per heavy atom. The number of β-lactam (4-membered cyclic amide) rings is 1. The maximum Gasteiger partial charge on any atom is 0.231 e. The second kappa shape index (κ2) is 5.24. The molecule has 1 heterocycles. The van der Waals surface area contributed by atoms with Crippen molar-refractivity contribution >= 4 is 20.1 Å². The molecule has 0 aliphatic carbocycles. The monoisotopic (exact) mass is 286 g/mol. The third-order valence-corrected chi connectivity index (χ3v) is 8.68. The van der Waals surface area contributed by atoms with Gasteiger partial charge in [-0.05, 0) is 25.1 Å². The highest BCUT2D eigenvalue weighted by Gasteiger charge is 2.47. The number of amides is 2. The molecule has 3 atom stereocenters. The lowest BCUT2D eigenvalue weighted by Gasteiger charge is -2.45. The van der Waals surface area contributed by atoms with Crippen molar-refractivity contribution in [2.24, 2.45) is 5.92 Å². The van der Waals surface area contributed by atoms with Gasteiger partial charge in [-0.1, -0.05) is 20.8 Å². The predicted molar refractivity (Wildman–Crippen MR) is 77.0 cm³/mol. The Labute approximate surface area is 116 Å². The number of hydrogen-bond acceptors (Lipinski definition) is 3. The van der Waals surface area contributed by atoms with Crippen molar-refractivity contribution in [3.8, 4) is 0 Å². The fourth-order valence-electron chi connectivity index (χ4n) is 1.94. The summed E-state index contributed by atoms with van der Waals surface area (Å²) < 4.78 is 6.22. The molecule has 1 saturated heterocycles. The fourth-order valence-corrected chi connectivity index (χ4v) is 3.37. The lowest BCUT2D eigenvalue weighted by atomic mass is 9.91. The molecule has 0 aromatic carbocycles. The summed E-state index contributed by atoms with van der Waals surface area (Å²) in [4.78, 5) is 22.7. The fraction of sp³-hybridized carbons (Fsp3) is 0.846. The molecular weight excluding hydrogens is 260 g/mol. The summed E-state index contributed by atoms with van der Waals surface area (Å²) in [5.41, 5.74) is 0. The van der Waals surface area contributed by atoms with Crippen LogP contribution in [-0.4, -0.2) is 32.4 Å². The van der Waals surface area contributed by atoms with Crippen LogP contribution < -0.4 is 10.6 Å². The van der Waals surface area contributed by atoms with Crippen molar-refractivity contribution < 1.29 is 14.0 Å². The Balaban J connectivity index is 2.69. The quantitative estimate of drug-likeness (QED) is 0.609. The Bertz CT molecular complexity index is 377. The van der Waals surface area contributed by atoms with Gasteiger partial charge in [-0.25, -0.2) is 0 Å². The van der Waals surface area contributed by atoms with E-state index in [2.05, 4.69) is 44.5 Å². The second-order valence-electron chi connectivity index (χ2n) is 6.80. The Kier molecular flexibility index (Phi) is 4.46.